The molecule has 32 heavy (non-hydrogen) atoms. The van der Waals surface area contributed by atoms with Crippen LogP contribution >= 0.6 is 23.4 Å². The molecule has 0 aliphatic carbocycles. The summed E-state index contributed by atoms with van der Waals surface area (Å²) in [7, 11) is 0. The van der Waals surface area contributed by atoms with Crippen LogP contribution in [0.5, 0.6) is 0 Å². The SMILES string of the molecule is O=C(CN1CCN(c2ncccn2)CC1)N[C@@H]1Cc2cc(Cl)ccc2Sc2ccccc21. The van der Waals surface area contributed by atoms with Crippen LogP contribution < -0.4 is 10.2 Å². The molecule has 8 heteroatoms. The Morgan fingerprint density at radius 3 is 2.62 bits per heavy atom. The summed E-state index contributed by atoms with van der Waals surface area (Å²) in [4.78, 5) is 28.4. The molecule has 3 aromatic rings. The number of fused-ring (bicyclic) bond motifs is 2. The quantitative estimate of drug-likeness (QED) is 0.632. The molecule has 5 rings (SSSR count). The van der Waals surface area contributed by atoms with E-state index in [0.717, 1.165) is 49.1 Å². The standard InChI is InChI=1S/C24H24ClN5OS/c25-18-6-7-21-17(14-18)15-20(19-4-1-2-5-22(19)32-21)28-23(31)16-29-10-12-30(13-11-29)24-26-8-3-9-27-24/h1-9,14,20H,10-13,15-16H2,(H,28,31)/t20-/m1/s1. The molecule has 1 N–H and O–H groups in total. The lowest BCUT2D eigenvalue weighted by Gasteiger charge is -2.34. The van der Waals surface area contributed by atoms with Gasteiger partial charge in [0.25, 0.3) is 0 Å². The number of nitrogens with one attached hydrogen (secondary N) is 1. The number of anilines is 1. The number of carbonyl (C=O) groups is 1. The summed E-state index contributed by atoms with van der Waals surface area (Å²) < 4.78 is 0. The maximum absolute atomic E-state index is 13.0. The third-order valence-electron chi connectivity index (χ3n) is 5.87. The first kappa shape index (κ1) is 21.2. The van der Waals surface area contributed by atoms with Crippen LogP contribution in [0.3, 0.4) is 0 Å². The molecule has 0 bridgehead atoms. The van der Waals surface area contributed by atoms with Crippen molar-refractivity contribution in [3.8, 4) is 0 Å². The molecule has 1 saturated heterocycles. The summed E-state index contributed by atoms with van der Waals surface area (Å²) in [6.45, 7) is 3.62. The van der Waals surface area contributed by atoms with Gasteiger partial charge < -0.3 is 10.2 Å². The molecule has 2 aliphatic rings. The number of aromatic nitrogens is 2. The molecule has 0 unspecified atom stereocenters. The maximum atomic E-state index is 13.0. The van der Waals surface area contributed by atoms with Crippen LogP contribution in [-0.2, 0) is 11.2 Å². The van der Waals surface area contributed by atoms with Gasteiger partial charge in [-0.05, 0) is 47.9 Å². The van der Waals surface area contributed by atoms with Crippen molar-refractivity contribution in [2.75, 3.05) is 37.6 Å². The lowest BCUT2D eigenvalue weighted by molar-refractivity contribution is -0.123. The average molecular weight is 466 g/mol. The normalized spacial score (nSPS) is 18.4. The van der Waals surface area contributed by atoms with Crippen molar-refractivity contribution in [1.82, 2.24) is 20.2 Å². The van der Waals surface area contributed by atoms with Crippen LogP contribution in [0.25, 0.3) is 0 Å². The van der Waals surface area contributed by atoms with Gasteiger partial charge in [-0.25, -0.2) is 9.97 Å². The monoisotopic (exact) mass is 465 g/mol. The minimum Gasteiger partial charge on any atom is -0.348 e. The molecular weight excluding hydrogens is 442 g/mol. The molecule has 3 heterocycles. The minimum atomic E-state index is -0.0788. The van der Waals surface area contributed by atoms with Gasteiger partial charge in [-0.1, -0.05) is 41.6 Å². The van der Waals surface area contributed by atoms with Gasteiger partial charge in [0.1, 0.15) is 0 Å². The van der Waals surface area contributed by atoms with E-state index in [1.165, 1.54) is 15.4 Å². The highest BCUT2D eigenvalue weighted by Gasteiger charge is 2.26. The van der Waals surface area contributed by atoms with E-state index in [9.17, 15) is 4.79 Å². The Morgan fingerprint density at radius 2 is 1.81 bits per heavy atom. The van der Waals surface area contributed by atoms with Crippen molar-refractivity contribution >= 4 is 35.2 Å². The van der Waals surface area contributed by atoms with Gasteiger partial charge >= 0.3 is 0 Å². The molecule has 2 aliphatic heterocycles. The number of rotatable bonds is 4. The van der Waals surface area contributed by atoms with Crippen LogP contribution in [0, 0.1) is 0 Å². The number of halogens is 1. The first-order chi connectivity index (χ1) is 15.7. The number of hydrogen-bond acceptors (Lipinski definition) is 6. The summed E-state index contributed by atoms with van der Waals surface area (Å²) >= 11 is 8.00. The predicted octanol–water partition coefficient (Wildman–Crippen LogP) is 3.82. The van der Waals surface area contributed by atoms with E-state index in [-0.39, 0.29) is 11.9 Å². The van der Waals surface area contributed by atoms with Crippen molar-refractivity contribution < 1.29 is 4.79 Å². The smallest absolute Gasteiger partial charge is 0.234 e. The van der Waals surface area contributed by atoms with Crippen LogP contribution in [0.15, 0.2) is 70.7 Å². The molecule has 0 saturated carbocycles. The number of carbonyl (C=O) groups excluding carboxylic acids is 1. The fourth-order valence-corrected chi connectivity index (χ4v) is 5.56. The highest BCUT2D eigenvalue weighted by atomic mass is 35.5. The predicted molar refractivity (Wildman–Crippen MR) is 127 cm³/mol. The van der Waals surface area contributed by atoms with E-state index in [0.29, 0.717) is 6.54 Å². The molecule has 0 spiro atoms. The van der Waals surface area contributed by atoms with E-state index < -0.39 is 0 Å². The molecular formula is C24H24ClN5OS. The van der Waals surface area contributed by atoms with Crippen molar-refractivity contribution in [3.05, 3.63) is 77.1 Å². The summed E-state index contributed by atoms with van der Waals surface area (Å²) in [6, 6.07) is 16.1. The van der Waals surface area contributed by atoms with Crippen LogP contribution in [0.2, 0.25) is 5.02 Å². The molecule has 164 valence electrons. The molecule has 6 nitrogen and oxygen atoms in total. The van der Waals surface area contributed by atoms with Crippen molar-refractivity contribution in [2.45, 2.75) is 22.3 Å². The number of nitrogens with zero attached hydrogens (tertiary/aromatic N) is 4. The van der Waals surface area contributed by atoms with Crippen molar-refractivity contribution in [3.63, 3.8) is 0 Å². The zero-order chi connectivity index (χ0) is 21.9. The number of benzene rings is 2. The van der Waals surface area contributed by atoms with Gasteiger partial charge in [0.15, 0.2) is 0 Å². The molecule has 0 radical (unpaired) electrons. The fraction of sp³-hybridized carbons (Fsp3) is 0.292. The molecule has 1 aromatic heterocycles. The molecule has 1 fully saturated rings. The second-order valence-electron chi connectivity index (χ2n) is 8.03. The van der Waals surface area contributed by atoms with Crippen molar-refractivity contribution in [1.29, 1.82) is 0 Å². The van der Waals surface area contributed by atoms with Crippen LogP contribution in [0.4, 0.5) is 5.95 Å². The van der Waals surface area contributed by atoms with Gasteiger partial charge in [-0.2, -0.15) is 0 Å². The number of piperazine rings is 1. The maximum Gasteiger partial charge on any atom is 0.234 e. The average Bonchev–Trinajstić information content (AvgIpc) is 2.96. The van der Waals surface area contributed by atoms with E-state index in [2.05, 4.69) is 43.3 Å². The van der Waals surface area contributed by atoms with Gasteiger partial charge in [-0.3, -0.25) is 9.69 Å². The van der Waals surface area contributed by atoms with Gasteiger partial charge in [0.2, 0.25) is 11.9 Å². The first-order valence-electron chi connectivity index (χ1n) is 10.7. The minimum absolute atomic E-state index is 0.0460. The summed E-state index contributed by atoms with van der Waals surface area (Å²) in [6.07, 6.45) is 4.25. The Kier molecular flexibility index (Phi) is 6.30. The number of hydrogen-bond donors (Lipinski definition) is 1. The largest absolute Gasteiger partial charge is 0.348 e. The van der Waals surface area contributed by atoms with Gasteiger partial charge in [-0.15, -0.1) is 0 Å². The van der Waals surface area contributed by atoms with Gasteiger partial charge in [0, 0.05) is 53.4 Å². The van der Waals surface area contributed by atoms with Gasteiger partial charge in [0.05, 0.1) is 12.6 Å². The highest BCUT2D eigenvalue weighted by Crippen LogP contribution is 2.41. The summed E-state index contributed by atoms with van der Waals surface area (Å²) in [5, 5.41) is 4.01. The first-order valence-corrected chi connectivity index (χ1v) is 11.9. The Hall–Kier alpha value is -2.61. The lowest BCUT2D eigenvalue weighted by Crippen LogP contribution is -2.50. The third-order valence-corrected chi connectivity index (χ3v) is 7.32. The molecule has 1 amide bonds. The van der Waals surface area contributed by atoms with Crippen LogP contribution in [-0.4, -0.2) is 53.5 Å². The van der Waals surface area contributed by atoms with E-state index in [1.54, 1.807) is 24.2 Å². The van der Waals surface area contributed by atoms with Crippen LogP contribution in [0.1, 0.15) is 17.2 Å². The van der Waals surface area contributed by atoms with E-state index in [4.69, 9.17) is 11.6 Å². The second kappa shape index (κ2) is 9.48. The Morgan fingerprint density at radius 1 is 1.03 bits per heavy atom. The molecule has 2 aromatic carbocycles. The Bertz CT molecular complexity index is 1100. The third kappa shape index (κ3) is 4.75. The van der Waals surface area contributed by atoms with E-state index in [1.807, 2.05) is 30.3 Å². The summed E-state index contributed by atoms with van der Waals surface area (Å²) in [5.74, 6) is 0.797. The highest BCUT2D eigenvalue weighted by molar-refractivity contribution is 7.99. The zero-order valence-electron chi connectivity index (χ0n) is 17.6. The summed E-state index contributed by atoms with van der Waals surface area (Å²) in [5.41, 5.74) is 2.32. The second-order valence-corrected chi connectivity index (χ2v) is 9.55. The lowest BCUT2D eigenvalue weighted by atomic mass is 9.99. The topological polar surface area (TPSA) is 61.4 Å². The van der Waals surface area contributed by atoms with E-state index >= 15 is 0 Å². The number of amides is 1. The van der Waals surface area contributed by atoms with Crippen molar-refractivity contribution in [2.24, 2.45) is 0 Å². The molecule has 1 atom stereocenters. The fourth-order valence-electron chi connectivity index (χ4n) is 4.25. The Balaban J connectivity index is 1.25. The Labute approximate surface area is 197 Å². The zero-order valence-corrected chi connectivity index (χ0v) is 19.1.